The number of benzene rings is 1. The Morgan fingerprint density at radius 2 is 1.70 bits per heavy atom. The number of carbonyl (C=O) groups is 7. The minimum absolute atomic E-state index is 0.0162. The third kappa shape index (κ3) is 4.14. The molecule has 0 spiro atoms. The zero-order valence-corrected chi connectivity index (χ0v) is 11.9. The van der Waals surface area contributed by atoms with Gasteiger partial charge in [0.2, 0.25) is 12.7 Å². The summed E-state index contributed by atoms with van der Waals surface area (Å²) in [6.07, 6.45) is -0.453. The molecule has 0 aliphatic carbocycles. The Kier molecular flexibility index (Phi) is 5.98. The molecule has 0 heterocycles. The molecule has 3 amide bonds. The number of Topliss-reactive ketones (excluding diaryl/α,β-unsaturated/α-hetero) is 2. The van der Waals surface area contributed by atoms with Crippen molar-refractivity contribution in [2.24, 2.45) is 0 Å². The highest BCUT2D eigenvalue weighted by atomic mass is 35.5. The first kappa shape index (κ1) is 17.9. The van der Waals surface area contributed by atoms with Gasteiger partial charge in [-0.05, 0) is 18.2 Å². The van der Waals surface area contributed by atoms with Crippen LogP contribution in [0.25, 0.3) is 0 Å². The normalized spacial score (nSPS) is 9.43. The molecule has 0 saturated heterocycles. The summed E-state index contributed by atoms with van der Waals surface area (Å²) in [7, 11) is 0. The van der Waals surface area contributed by atoms with Gasteiger partial charge in [-0.25, -0.2) is 4.90 Å². The van der Waals surface area contributed by atoms with Crippen LogP contribution in [0.1, 0.15) is 0 Å². The third-order valence-corrected chi connectivity index (χ3v) is 2.77. The molecule has 1 aromatic rings. The van der Waals surface area contributed by atoms with Crippen LogP contribution < -0.4 is 10.2 Å². The van der Waals surface area contributed by atoms with E-state index in [1.165, 1.54) is 6.07 Å². The Morgan fingerprint density at radius 3 is 2.22 bits per heavy atom. The van der Waals surface area contributed by atoms with Crippen LogP contribution in [0.4, 0.5) is 11.4 Å². The van der Waals surface area contributed by atoms with E-state index < -0.39 is 23.4 Å². The van der Waals surface area contributed by atoms with E-state index in [0.29, 0.717) is 0 Å². The number of hydrogen-bond donors (Lipinski definition) is 1. The molecule has 0 aromatic heterocycles. The van der Waals surface area contributed by atoms with Crippen molar-refractivity contribution in [2.75, 3.05) is 10.2 Å². The van der Waals surface area contributed by atoms with Crippen LogP contribution in [0.15, 0.2) is 18.2 Å². The van der Waals surface area contributed by atoms with E-state index in [1.807, 2.05) is 0 Å². The lowest BCUT2D eigenvalue weighted by atomic mass is 10.2. The van der Waals surface area contributed by atoms with E-state index >= 15 is 0 Å². The summed E-state index contributed by atoms with van der Waals surface area (Å²) < 4.78 is 0. The fourth-order valence-corrected chi connectivity index (χ4v) is 1.58. The van der Waals surface area contributed by atoms with Crippen LogP contribution in [0.3, 0.4) is 0 Å². The first-order valence-electron chi connectivity index (χ1n) is 5.73. The molecule has 118 valence electrons. The Bertz CT molecular complexity index is 729. The maximum atomic E-state index is 11.7. The van der Waals surface area contributed by atoms with Crippen LogP contribution in [-0.4, -0.2) is 42.4 Å². The zero-order valence-electron chi connectivity index (χ0n) is 11.1. The Labute approximate surface area is 133 Å². The minimum Gasteiger partial charge on any atom is -0.318 e. The number of anilines is 2. The monoisotopic (exact) mass is 338 g/mol. The molecule has 1 aromatic carbocycles. The molecule has 0 saturated carbocycles. The van der Waals surface area contributed by atoms with Crippen LogP contribution in [-0.2, 0) is 33.6 Å². The molecule has 9 nitrogen and oxygen atoms in total. The minimum atomic E-state index is -1.71. The van der Waals surface area contributed by atoms with Crippen LogP contribution in [0.2, 0.25) is 5.02 Å². The number of rotatable bonds is 7. The van der Waals surface area contributed by atoms with Gasteiger partial charge in [0.15, 0.2) is 6.29 Å². The fraction of sp³-hybridized carbons (Fsp3) is 0. The number of imide groups is 1. The highest BCUT2D eigenvalue weighted by molar-refractivity contribution is 6.76. The van der Waals surface area contributed by atoms with Crippen LogP contribution >= 0.6 is 11.6 Å². The first-order valence-corrected chi connectivity index (χ1v) is 6.11. The largest absolute Gasteiger partial charge is 0.318 e. The number of carbonyl (C=O) groups excluding carboxylic acids is 7. The highest BCUT2D eigenvalue weighted by Crippen LogP contribution is 2.27. The van der Waals surface area contributed by atoms with Crippen molar-refractivity contribution < 1.29 is 33.6 Å². The molecule has 0 radical (unpaired) electrons. The average molecular weight is 339 g/mol. The van der Waals surface area contributed by atoms with Gasteiger partial charge in [0.25, 0.3) is 17.5 Å². The van der Waals surface area contributed by atoms with Crippen molar-refractivity contribution in [1.29, 1.82) is 0 Å². The summed E-state index contributed by atoms with van der Waals surface area (Å²) in [5.74, 6) is -5.93. The second kappa shape index (κ2) is 7.71. The van der Waals surface area contributed by atoms with E-state index in [0.717, 1.165) is 12.1 Å². The molecule has 0 aliphatic rings. The Hall–Kier alpha value is -3.20. The van der Waals surface area contributed by atoms with Gasteiger partial charge in [-0.1, -0.05) is 11.6 Å². The smallest absolute Gasteiger partial charge is 0.309 e. The number of ketones is 2. The van der Waals surface area contributed by atoms with Crippen molar-refractivity contribution >= 4 is 65.3 Å². The lowest BCUT2D eigenvalue weighted by Crippen LogP contribution is -2.39. The summed E-state index contributed by atoms with van der Waals surface area (Å²) in [6.45, 7) is 0. The Morgan fingerprint density at radius 1 is 1.04 bits per heavy atom. The van der Waals surface area contributed by atoms with Gasteiger partial charge in [-0.3, -0.25) is 33.6 Å². The summed E-state index contributed by atoms with van der Waals surface area (Å²) in [5.41, 5.74) is -0.335. The molecule has 10 heteroatoms. The summed E-state index contributed by atoms with van der Waals surface area (Å²) in [4.78, 5) is 76.8. The number of nitrogens with one attached hydrogen (secondary N) is 1. The quantitative estimate of drug-likeness (QED) is 0.394. The number of nitrogens with zero attached hydrogens (tertiary/aromatic N) is 1. The average Bonchev–Trinajstić information content (AvgIpc) is 2.56. The standard InChI is InChI=1S/C13H7ClN2O7/c14-8-2-1-7(3-9(8)15-11(21)5-18)16(6-19)13(23)12(22)10(20)4-17/h1-6H,(H,15,21). The van der Waals surface area contributed by atoms with E-state index in [1.54, 1.807) is 0 Å². The predicted octanol–water partition coefficient (Wildman–Crippen LogP) is -0.696. The second-order valence-electron chi connectivity index (χ2n) is 3.86. The molecular formula is C13H7ClN2O7. The van der Waals surface area contributed by atoms with Crippen LogP contribution in [0.5, 0.6) is 0 Å². The lowest BCUT2D eigenvalue weighted by molar-refractivity contribution is -0.146. The first-order chi connectivity index (χ1) is 10.8. The molecule has 0 unspecified atom stereocenters. The summed E-state index contributed by atoms with van der Waals surface area (Å²) >= 11 is 5.77. The van der Waals surface area contributed by atoms with Crippen LogP contribution in [0, 0.1) is 0 Å². The van der Waals surface area contributed by atoms with Gasteiger partial charge in [0.05, 0.1) is 16.4 Å². The highest BCUT2D eigenvalue weighted by Gasteiger charge is 2.28. The molecule has 1 rings (SSSR count). The topological polar surface area (TPSA) is 135 Å². The van der Waals surface area contributed by atoms with Crippen molar-refractivity contribution in [1.82, 2.24) is 0 Å². The van der Waals surface area contributed by atoms with Crippen molar-refractivity contribution in [3.05, 3.63) is 23.2 Å². The molecular weight excluding hydrogens is 332 g/mol. The van der Waals surface area contributed by atoms with Gasteiger partial charge >= 0.3 is 5.91 Å². The fourth-order valence-electron chi connectivity index (χ4n) is 1.42. The van der Waals surface area contributed by atoms with E-state index in [-0.39, 0.29) is 40.3 Å². The molecule has 23 heavy (non-hydrogen) atoms. The Balaban J connectivity index is 3.21. The SMILES string of the molecule is O=CC(=O)Nc1cc(N(C=O)C(=O)C(=O)C(=O)C=O)ccc1Cl. The maximum Gasteiger partial charge on any atom is 0.309 e. The van der Waals surface area contributed by atoms with Gasteiger partial charge in [-0.2, -0.15) is 0 Å². The zero-order chi connectivity index (χ0) is 17.6. The van der Waals surface area contributed by atoms with Gasteiger partial charge in [0.1, 0.15) is 0 Å². The van der Waals surface area contributed by atoms with Gasteiger partial charge in [0, 0.05) is 0 Å². The molecule has 0 bridgehead atoms. The number of hydrogen-bond acceptors (Lipinski definition) is 7. The summed E-state index contributed by atoms with van der Waals surface area (Å²) in [6, 6.07) is 3.34. The third-order valence-electron chi connectivity index (χ3n) is 2.44. The van der Waals surface area contributed by atoms with E-state index in [2.05, 4.69) is 5.32 Å². The molecule has 0 atom stereocenters. The molecule has 1 N–H and O–H groups in total. The van der Waals surface area contributed by atoms with Crippen molar-refractivity contribution in [2.45, 2.75) is 0 Å². The lowest BCUT2D eigenvalue weighted by Gasteiger charge is -2.15. The van der Waals surface area contributed by atoms with Gasteiger partial charge in [-0.15, -0.1) is 0 Å². The second-order valence-corrected chi connectivity index (χ2v) is 4.27. The summed E-state index contributed by atoms with van der Waals surface area (Å²) in [5, 5.41) is 2.06. The van der Waals surface area contributed by atoms with Crippen molar-refractivity contribution in [3.63, 3.8) is 0 Å². The van der Waals surface area contributed by atoms with Crippen molar-refractivity contribution in [3.8, 4) is 0 Å². The van der Waals surface area contributed by atoms with E-state index in [9.17, 15) is 33.6 Å². The number of aldehydes is 2. The molecule has 0 aliphatic heterocycles. The maximum absolute atomic E-state index is 11.7. The number of amides is 3. The molecule has 0 fully saturated rings. The number of halogens is 1. The van der Waals surface area contributed by atoms with E-state index in [4.69, 9.17) is 11.6 Å². The van der Waals surface area contributed by atoms with Gasteiger partial charge < -0.3 is 5.32 Å². The predicted molar refractivity (Wildman–Crippen MR) is 75.8 cm³/mol.